The molecule has 1 aromatic heterocycles. The molecule has 2 rings (SSSR count). The van der Waals surface area contributed by atoms with Crippen LogP contribution >= 0.6 is 0 Å². The predicted molar refractivity (Wildman–Crippen MR) is 126 cm³/mol. The van der Waals surface area contributed by atoms with Crippen LogP contribution in [0.5, 0.6) is 0 Å². The summed E-state index contributed by atoms with van der Waals surface area (Å²) in [4.78, 5) is 16.6. The van der Waals surface area contributed by atoms with Crippen LogP contribution in [-0.4, -0.2) is 40.5 Å². The molecular formula is C23H36N6O2. The van der Waals surface area contributed by atoms with Gasteiger partial charge in [-0.1, -0.05) is 12.1 Å². The smallest absolute Gasteiger partial charge is 0.412 e. The predicted octanol–water partition coefficient (Wildman–Crippen LogP) is 3.68. The highest BCUT2D eigenvalue weighted by atomic mass is 16.6. The minimum Gasteiger partial charge on any atom is -0.444 e. The third-order valence-corrected chi connectivity index (χ3v) is 4.70. The Kier molecular flexibility index (Phi) is 8.47. The largest absolute Gasteiger partial charge is 0.444 e. The zero-order valence-electron chi connectivity index (χ0n) is 19.8. The van der Waals surface area contributed by atoms with Gasteiger partial charge in [0.05, 0.1) is 12.2 Å². The number of aromatic nitrogens is 2. The maximum Gasteiger partial charge on any atom is 0.412 e. The van der Waals surface area contributed by atoms with Crippen LogP contribution in [0.1, 0.15) is 50.2 Å². The highest BCUT2D eigenvalue weighted by molar-refractivity contribution is 5.84. The molecule has 0 fully saturated rings. The van der Waals surface area contributed by atoms with Gasteiger partial charge in [0.25, 0.3) is 0 Å². The number of hydrogen-bond donors (Lipinski definition) is 3. The van der Waals surface area contributed by atoms with E-state index in [1.807, 2.05) is 70.6 Å². The molecule has 0 aliphatic carbocycles. The summed E-state index contributed by atoms with van der Waals surface area (Å²) in [5, 5.41) is 13.9. The van der Waals surface area contributed by atoms with E-state index < -0.39 is 11.7 Å². The highest BCUT2D eigenvalue weighted by Crippen LogP contribution is 2.14. The van der Waals surface area contributed by atoms with E-state index in [0.717, 1.165) is 48.0 Å². The Morgan fingerprint density at radius 3 is 2.39 bits per heavy atom. The zero-order valence-corrected chi connectivity index (χ0v) is 19.8. The lowest BCUT2D eigenvalue weighted by molar-refractivity contribution is 0.0636. The third-order valence-electron chi connectivity index (χ3n) is 4.70. The van der Waals surface area contributed by atoms with E-state index in [2.05, 4.69) is 28.0 Å². The summed E-state index contributed by atoms with van der Waals surface area (Å²) in [5.74, 6) is 0.786. The Hall–Kier alpha value is -3.03. The number of aryl methyl sites for hydroxylation is 2. The molecule has 8 nitrogen and oxygen atoms in total. The van der Waals surface area contributed by atoms with Gasteiger partial charge >= 0.3 is 6.09 Å². The maximum atomic E-state index is 11.9. The lowest BCUT2D eigenvalue weighted by atomic mass is 10.1. The molecule has 0 radical (unpaired) electrons. The number of hydrogen-bond acceptors (Lipinski definition) is 4. The van der Waals surface area contributed by atoms with Crippen LogP contribution in [-0.2, 0) is 24.8 Å². The Labute approximate surface area is 185 Å². The summed E-state index contributed by atoms with van der Waals surface area (Å²) >= 11 is 0. The van der Waals surface area contributed by atoms with Crippen LogP contribution in [0.4, 0.5) is 10.5 Å². The van der Waals surface area contributed by atoms with Crippen LogP contribution in [0.3, 0.4) is 0 Å². The number of guanidine groups is 1. The Morgan fingerprint density at radius 1 is 1.16 bits per heavy atom. The molecule has 0 spiro atoms. The van der Waals surface area contributed by atoms with Gasteiger partial charge in [-0.3, -0.25) is 10.00 Å². The monoisotopic (exact) mass is 428 g/mol. The van der Waals surface area contributed by atoms with Crippen LogP contribution < -0.4 is 16.0 Å². The molecule has 31 heavy (non-hydrogen) atoms. The number of aliphatic imine (C=N–C) groups is 1. The molecule has 0 bridgehead atoms. The van der Waals surface area contributed by atoms with Gasteiger partial charge in [0.2, 0.25) is 0 Å². The Bertz CT molecular complexity index is 894. The van der Waals surface area contributed by atoms with Gasteiger partial charge in [-0.15, -0.1) is 0 Å². The second-order valence-corrected chi connectivity index (χ2v) is 8.47. The van der Waals surface area contributed by atoms with Crippen molar-refractivity contribution in [1.82, 2.24) is 20.4 Å². The van der Waals surface area contributed by atoms with Crippen LogP contribution in [0.25, 0.3) is 0 Å². The second-order valence-electron chi connectivity index (χ2n) is 8.47. The number of nitrogens with one attached hydrogen (secondary N) is 3. The van der Waals surface area contributed by atoms with Crippen LogP contribution in [0, 0.1) is 13.8 Å². The van der Waals surface area contributed by atoms with Gasteiger partial charge in [0.15, 0.2) is 5.96 Å². The molecule has 0 unspecified atom stereocenters. The molecule has 2 aromatic rings. The first-order valence-electron chi connectivity index (χ1n) is 10.7. The lowest BCUT2D eigenvalue weighted by Gasteiger charge is -2.19. The van der Waals surface area contributed by atoms with E-state index in [4.69, 9.17) is 9.73 Å². The summed E-state index contributed by atoms with van der Waals surface area (Å²) in [6.07, 6.45) is 0.384. The highest BCUT2D eigenvalue weighted by Gasteiger charge is 2.16. The standard InChI is InChI=1S/C23H36N6O2/c1-8-24-21(26-15-20-16(2)28-29(7)17(20)3)25-14-13-18-9-11-19(12-10-18)27-22(30)31-23(4,5)6/h9-12H,8,13-15H2,1-7H3,(H,27,30)(H2,24,25,26). The molecule has 0 aliphatic rings. The quantitative estimate of drug-likeness (QED) is 0.462. The average Bonchev–Trinajstić information content (AvgIpc) is 2.91. The van der Waals surface area contributed by atoms with Crippen molar-refractivity contribution in [2.24, 2.45) is 12.0 Å². The van der Waals surface area contributed by atoms with E-state index in [0.29, 0.717) is 12.2 Å². The summed E-state index contributed by atoms with van der Waals surface area (Å²) < 4.78 is 7.16. The maximum absolute atomic E-state index is 11.9. The third kappa shape index (κ3) is 7.96. The number of anilines is 1. The molecule has 8 heteroatoms. The molecule has 0 saturated heterocycles. The molecular weight excluding hydrogens is 392 g/mol. The van der Waals surface area contributed by atoms with E-state index in [1.54, 1.807) is 0 Å². The van der Waals surface area contributed by atoms with Crippen LogP contribution in [0.15, 0.2) is 29.3 Å². The molecule has 0 aliphatic heterocycles. The number of nitrogens with zero attached hydrogens (tertiary/aromatic N) is 3. The molecule has 3 N–H and O–H groups in total. The van der Waals surface area contributed by atoms with Crippen molar-refractivity contribution in [3.63, 3.8) is 0 Å². The number of carbonyl (C=O) groups excluding carboxylic acids is 1. The minimum absolute atomic E-state index is 0.451. The van der Waals surface area contributed by atoms with E-state index in [9.17, 15) is 4.79 Å². The lowest BCUT2D eigenvalue weighted by Crippen LogP contribution is -2.38. The number of carbonyl (C=O) groups is 1. The summed E-state index contributed by atoms with van der Waals surface area (Å²) in [6, 6.07) is 7.76. The van der Waals surface area contributed by atoms with Gasteiger partial charge in [-0.2, -0.15) is 5.10 Å². The summed E-state index contributed by atoms with van der Waals surface area (Å²) in [5.41, 5.74) is 4.67. The van der Waals surface area contributed by atoms with Crippen molar-refractivity contribution in [2.45, 2.75) is 60.1 Å². The fourth-order valence-electron chi connectivity index (χ4n) is 3.05. The van der Waals surface area contributed by atoms with Crippen molar-refractivity contribution < 1.29 is 9.53 Å². The fraction of sp³-hybridized carbons (Fsp3) is 0.522. The summed E-state index contributed by atoms with van der Waals surface area (Å²) in [7, 11) is 1.95. The summed E-state index contributed by atoms with van der Waals surface area (Å²) in [6.45, 7) is 13.8. The van der Waals surface area contributed by atoms with Crippen molar-refractivity contribution in [3.05, 3.63) is 46.8 Å². The van der Waals surface area contributed by atoms with Gasteiger partial charge in [-0.05, 0) is 65.7 Å². The first kappa shape index (κ1) is 24.2. The van der Waals surface area contributed by atoms with Crippen molar-refractivity contribution in [1.29, 1.82) is 0 Å². The van der Waals surface area contributed by atoms with Crippen molar-refractivity contribution in [2.75, 3.05) is 18.4 Å². The SMILES string of the molecule is CCNC(=NCc1c(C)nn(C)c1C)NCCc1ccc(NC(=O)OC(C)(C)C)cc1. The van der Waals surface area contributed by atoms with Crippen molar-refractivity contribution in [3.8, 4) is 0 Å². The molecule has 1 amide bonds. The van der Waals surface area contributed by atoms with Gasteiger partial charge < -0.3 is 15.4 Å². The van der Waals surface area contributed by atoms with Gasteiger partial charge in [-0.25, -0.2) is 9.79 Å². The van der Waals surface area contributed by atoms with Gasteiger partial charge in [0, 0.05) is 37.1 Å². The molecule has 1 aromatic carbocycles. The number of amides is 1. The average molecular weight is 429 g/mol. The molecule has 0 atom stereocenters. The normalized spacial score (nSPS) is 11.9. The van der Waals surface area contributed by atoms with E-state index >= 15 is 0 Å². The fourth-order valence-corrected chi connectivity index (χ4v) is 3.05. The topological polar surface area (TPSA) is 92.6 Å². The zero-order chi connectivity index (χ0) is 23.0. The first-order chi connectivity index (χ1) is 14.6. The van der Waals surface area contributed by atoms with Crippen LogP contribution in [0.2, 0.25) is 0 Å². The molecule has 0 saturated carbocycles. The molecule has 1 heterocycles. The van der Waals surface area contributed by atoms with Crippen molar-refractivity contribution >= 4 is 17.7 Å². The number of rotatable bonds is 7. The van der Waals surface area contributed by atoms with E-state index in [1.165, 1.54) is 0 Å². The second kappa shape index (κ2) is 10.8. The number of ether oxygens (including phenoxy) is 1. The minimum atomic E-state index is -0.518. The number of benzene rings is 1. The Balaban J connectivity index is 1.87. The van der Waals surface area contributed by atoms with Gasteiger partial charge in [0.1, 0.15) is 5.60 Å². The molecule has 170 valence electrons. The Morgan fingerprint density at radius 2 is 1.84 bits per heavy atom. The van der Waals surface area contributed by atoms with E-state index in [-0.39, 0.29) is 0 Å². The first-order valence-corrected chi connectivity index (χ1v) is 10.7.